The first-order valence-corrected chi connectivity index (χ1v) is 6.10. The van der Waals surface area contributed by atoms with Gasteiger partial charge in [0.2, 0.25) is 5.89 Å². The fourth-order valence-electron chi connectivity index (χ4n) is 1.58. The number of aliphatic imine (C=N–C) groups is 1. The third-order valence-electron chi connectivity index (χ3n) is 2.33. The van der Waals surface area contributed by atoms with E-state index < -0.39 is 0 Å². The van der Waals surface area contributed by atoms with Gasteiger partial charge in [-0.3, -0.25) is 4.99 Å². The van der Waals surface area contributed by atoms with Gasteiger partial charge in [0.15, 0.2) is 0 Å². The minimum Gasteiger partial charge on any atom is -0.444 e. The first-order chi connectivity index (χ1) is 7.93. The number of benzene rings is 1. The Balaban J connectivity index is 1.94. The second-order valence-electron chi connectivity index (χ2n) is 3.44. The molecule has 3 rings (SSSR count). The zero-order valence-electron chi connectivity index (χ0n) is 8.59. The number of hydrogen-bond donors (Lipinski definition) is 0. The molecule has 0 atom stereocenters. The van der Waals surface area contributed by atoms with Crippen LogP contribution in [0.5, 0.6) is 0 Å². The number of rotatable bonds is 2. The van der Waals surface area contributed by atoms with Crippen molar-refractivity contribution in [2.75, 3.05) is 12.3 Å². The molecule has 2 heterocycles. The van der Waals surface area contributed by atoms with Gasteiger partial charge in [-0.15, -0.1) is 11.8 Å². The number of thioether (sulfide) groups is 1. The fraction of sp³-hybridized carbons (Fsp3) is 0.167. The number of nitrogens with zero attached hydrogens (tertiary/aromatic N) is 2. The minimum atomic E-state index is 0.658. The van der Waals surface area contributed by atoms with Crippen molar-refractivity contribution >= 4 is 16.8 Å². The van der Waals surface area contributed by atoms with Crippen LogP contribution in [0.25, 0.3) is 11.5 Å². The Morgan fingerprint density at radius 3 is 2.81 bits per heavy atom. The fourth-order valence-corrected chi connectivity index (χ4v) is 2.38. The van der Waals surface area contributed by atoms with Crippen molar-refractivity contribution in [3.63, 3.8) is 0 Å². The predicted molar refractivity (Wildman–Crippen MR) is 65.8 cm³/mol. The maximum atomic E-state index is 5.46. The van der Waals surface area contributed by atoms with E-state index in [0.717, 1.165) is 28.6 Å². The van der Waals surface area contributed by atoms with Crippen molar-refractivity contribution < 1.29 is 4.42 Å². The molecule has 0 amide bonds. The summed E-state index contributed by atoms with van der Waals surface area (Å²) >= 11 is 1.73. The quantitative estimate of drug-likeness (QED) is 0.796. The van der Waals surface area contributed by atoms with Gasteiger partial charge in [-0.05, 0) is 12.1 Å². The van der Waals surface area contributed by atoms with Crippen LogP contribution in [0.4, 0.5) is 0 Å². The molecule has 1 aliphatic heterocycles. The van der Waals surface area contributed by atoms with Gasteiger partial charge in [0.25, 0.3) is 0 Å². The highest BCUT2D eigenvalue weighted by Crippen LogP contribution is 2.23. The van der Waals surface area contributed by atoms with Crippen LogP contribution in [0.3, 0.4) is 0 Å². The SMILES string of the molecule is c1ccc(-c2nc(C3=NCCS3)co2)cc1. The van der Waals surface area contributed by atoms with Gasteiger partial charge in [-0.2, -0.15) is 0 Å². The van der Waals surface area contributed by atoms with Crippen LogP contribution < -0.4 is 0 Å². The van der Waals surface area contributed by atoms with Crippen molar-refractivity contribution in [3.8, 4) is 11.5 Å². The largest absolute Gasteiger partial charge is 0.444 e. The van der Waals surface area contributed by atoms with Gasteiger partial charge in [0.05, 0.1) is 0 Å². The minimum absolute atomic E-state index is 0.658. The van der Waals surface area contributed by atoms with Crippen molar-refractivity contribution in [2.24, 2.45) is 4.99 Å². The Morgan fingerprint density at radius 1 is 1.19 bits per heavy atom. The molecule has 0 saturated heterocycles. The third-order valence-corrected chi connectivity index (χ3v) is 3.33. The summed E-state index contributed by atoms with van der Waals surface area (Å²) in [5.41, 5.74) is 1.85. The molecule has 0 spiro atoms. The molecular formula is C12H10N2OS. The van der Waals surface area contributed by atoms with Gasteiger partial charge in [0, 0.05) is 17.9 Å². The Bertz CT molecular complexity index is 519. The molecule has 3 nitrogen and oxygen atoms in total. The van der Waals surface area contributed by atoms with E-state index in [1.807, 2.05) is 30.3 Å². The Hall–Kier alpha value is -1.55. The summed E-state index contributed by atoms with van der Waals surface area (Å²) in [7, 11) is 0. The van der Waals surface area contributed by atoms with Crippen molar-refractivity contribution in [2.45, 2.75) is 0 Å². The van der Waals surface area contributed by atoms with Crippen molar-refractivity contribution in [3.05, 3.63) is 42.3 Å². The van der Waals surface area contributed by atoms with E-state index in [0.29, 0.717) is 5.89 Å². The first kappa shape index (κ1) is 9.66. The van der Waals surface area contributed by atoms with E-state index in [1.54, 1.807) is 18.0 Å². The van der Waals surface area contributed by atoms with Gasteiger partial charge in [0.1, 0.15) is 17.0 Å². The van der Waals surface area contributed by atoms with E-state index in [1.165, 1.54) is 0 Å². The summed E-state index contributed by atoms with van der Waals surface area (Å²) in [6, 6.07) is 9.89. The molecule has 0 unspecified atom stereocenters. The van der Waals surface area contributed by atoms with E-state index in [2.05, 4.69) is 9.98 Å². The molecule has 80 valence electrons. The standard InChI is InChI=1S/C12H10N2OS/c1-2-4-9(5-3-1)11-14-10(8-15-11)12-13-6-7-16-12/h1-5,8H,6-7H2. The summed E-state index contributed by atoms with van der Waals surface area (Å²) in [5, 5.41) is 0.992. The van der Waals surface area contributed by atoms with E-state index in [-0.39, 0.29) is 0 Å². The van der Waals surface area contributed by atoms with E-state index in [9.17, 15) is 0 Å². The smallest absolute Gasteiger partial charge is 0.226 e. The normalized spacial score (nSPS) is 15.1. The van der Waals surface area contributed by atoms with Crippen LogP contribution in [-0.2, 0) is 0 Å². The molecule has 0 N–H and O–H groups in total. The molecule has 16 heavy (non-hydrogen) atoms. The summed E-state index contributed by atoms with van der Waals surface area (Å²) < 4.78 is 5.46. The lowest BCUT2D eigenvalue weighted by molar-refractivity contribution is 0.574. The Labute approximate surface area is 97.6 Å². The van der Waals surface area contributed by atoms with E-state index in [4.69, 9.17) is 4.42 Å². The highest BCUT2D eigenvalue weighted by molar-refractivity contribution is 8.14. The Kier molecular flexibility index (Phi) is 2.50. The van der Waals surface area contributed by atoms with Crippen LogP contribution in [0, 0.1) is 0 Å². The molecule has 0 fully saturated rings. The number of hydrogen-bond acceptors (Lipinski definition) is 4. The van der Waals surface area contributed by atoms with Gasteiger partial charge in [-0.1, -0.05) is 18.2 Å². The van der Waals surface area contributed by atoms with Crippen LogP contribution in [0.2, 0.25) is 0 Å². The van der Waals surface area contributed by atoms with Crippen molar-refractivity contribution in [1.29, 1.82) is 0 Å². The summed E-state index contributed by atoms with van der Waals surface area (Å²) in [5.74, 6) is 1.70. The van der Waals surface area contributed by atoms with Crippen LogP contribution >= 0.6 is 11.8 Å². The molecule has 1 aromatic heterocycles. The second kappa shape index (κ2) is 4.14. The predicted octanol–water partition coefficient (Wildman–Crippen LogP) is 2.84. The number of aromatic nitrogens is 1. The lowest BCUT2D eigenvalue weighted by Gasteiger charge is -1.92. The maximum absolute atomic E-state index is 5.46. The summed E-state index contributed by atoms with van der Waals surface area (Å²) in [6.45, 7) is 0.882. The molecule has 4 heteroatoms. The highest BCUT2D eigenvalue weighted by Gasteiger charge is 2.14. The zero-order chi connectivity index (χ0) is 10.8. The van der Waals surface area contributed by atoms with Crippen LogP contribution in [-0.4, -0.2) is 22.3 Å². The monoisotopic (exact) mass is 230 g/mol. The molecule has 0 radical (unpaired) electrons. The molecule has 0 aliphatic carbocycles. The lowest BCUT2D eigenvalue weighted by Crippen LogP contribution is -1.91. The van der Waals surface area contributed by atoms with Crippen LogP contribution in [0.1, 0.15) is 5.69 Å². The summed E-state index contributed by atoms with van der Waals surface area (Å²) in [6.07, 6.45) is 1.68. The summed E-state index contributed by atoms with van der Waals surface area (Å²) in [4.78, 5) is 8.81. The molecule has 0 bridgehead atoms. The van der Waals surface area contributed by atoms with Gasteiger partial charge < -0.3 is 4.42 Å². The highest BCUT2D eigenvalue weighted by atomic mass is 32.2. The average Bonchev–Trinajstić information content (AvgIpc) is 3.01. The zero-order valence-corrected chi connectivity index (χ0v) is 9.41. The van der Waals surface area contributed by atoms with E-state index >= 15 is 0 Å². The average molecular weight is 230 g/mol. The van der Waals surface area contributed by atoms with Gasteiger partial charge >= 0.3 is 0 Å². The third kappa shape index (κ3) is 1.76. The molecule has 1 aromatic carbocycles. The second-order valence-corrected chi connectivity index (χ2v) is 4.52. The Morgan fingerprint density at radius 2 is 2.06 bits per heavy atom. The van der Waals surface area contributed by atoms with Gasteiger partial charge in [-0.25, -0.2) is 4.98 Å². The number of oxazole rings is 1. The van der Waals surface area contributed by atoms with Crippen LogP contribution in [0.15, 0.2) is 46.0 Å². The molecule has 1 aliphatic rings. The topological polar surface area (TPSA) is 38.4 Å². The lowest BCUT2D eigenvalue weighted by atomic mass is 10.2. The first-order valence-electron chi connectivity index (χ1n) is 5.12. The molecule has 2 aromatic rings. The molecule has 0 saturated carbocycles. The molecular weight excluding hydrogens is 220 g/mol. The van der Waals surface area contributed by atoms with Crippen molar-refractivity contribution in [1.82, 2.24) is 4.98 Å². The maximum Gasteiger partial charge on any atom is 0.226 e.